The molecular weight excluding hydrogens is 454 g/mol. The first-order chi connectivity index (χ1) is 16.0. The van der Waals surface area contributed by atoms with Crippen molar-refractivity contribution in [1.82, 2.24) is 15.4 Å². The molecule has 0 aliphatic rings. The quantitative estimate of drug-likeness (QED) is 0.419. The third-order valence-electron chi connectivity index (χ3n) is 4.82. The molecule has 0 saturated heterocycles. The van der Waals surface area contributed by atoms with Crippen LogP contribution in [0.3, 0.4) is 0 Å². The minimum Gasteiger partial charge on any atom is -0.444 e. The van der Waals surface area contributed by atoms with Gasteiger partial charge >= 0.3 is 6.09 Å². The molecule has 2 amide bonds. The van der Waals surface area contributed by atoms with Gasteiger partial charge in [-0.05, 0) is 58.2 Å². The molecular formula is C25H35N3O5S. The Balaban J connectivity index is 1.82. The van der Waals surface area contributed by atoms with Crippen molar-refractivity contribution < 1.29 is 22.7 Å². The van der Waals surface area contributed by atoms with Crippen LogP contribution in [0.2, 0.25) is 0 Å². The lowest BCUT2D eigenvalue weighted by molar-refractivity contribution is -0.123. The summed E-state index contributed by atoms with van der Waals surface area (Å²) in [6.45, 7) is 7.78. The highest BCUT2D eigenvalue weighted by Crippen LogP contribution is 2.10. The number of nitrogens with one attached hydrogen (secondary N) is 3. The zero-order valence-electron chi connectivity index (χ0n) is 20.3. The number of alkyl carbamates (subject to hydrolysis) is 1. The standard InChI is InChI=1S/C25H35N3O5S/c1-19-12-14-21(15-13-19)34(31,32)27-17-9-8-16-26-23(29)22(18-20-10-6-5-7-11-20)28-24(30)33-25(2,3)4/h5-7,10-15,22,27H,8-9,16-18H2,1-4H3,(H,26,29)(H,28,30)/t22-/m0/s1. The van der Waals surface area contributed by atoms with E-state index in [0.717, 1.165) is 11.1 Å². The highest BCUT2D eigenvalue weighted by atomic mass is 32.2. The fourth-order valence-corrected chi connectivity index (χ4v) is 4.18. The molecule has 9 heteroatoms. The Bertz CT molecular complexity index is 1030. The van der Waals surface area contributed by atoms with Crippen molar-refractivity contribution in [3.05, 3.63) is 65.7 Å². The lowest BCUT2D eigenvalue weighted by Crippen LogP contribution is -2.49. The Morgan fingerprint density at radius 1 is 0.941 bits per heavy atom. The van der Waals surface area contributed by atoms with Gasteiger partial charge in [-0.3, -0.25) is 4.79 Å². The monoisotopic (exact) mass is 489 g/mol. The maximum Gasteiger partial charge on any atom is 0.408 e. The molecule has 186 valence electrons. The number of carbonyl (C=O) groups excluding carboxylic acids is 2. The molecule has 0 saturated carbocycles. The number of unbranched alkanes of at least 4 members (excludes halogenated alkanes) is 1. The summed E-state index contributed by atoms with van der Waals surface area (Å²) >= 11 is 0. The predicted molar refractivity (Wildman–Crippen MR) is 132 cm³/mol. The molecule has 3 N–H and O–H groups in total. The molecule has 8 nitrogen and oxygen atoms in total. The molecule has 2 aromatic rings. The van der Waals surface area contributed by atoms with Gasteiger partial charge in [-0.25, -0.2) is 17.9 Å². The lowest BCUT2D eigenvalue weighted by Gasteiger charge is -2.23. The molecule has 0 aliphatic heterocycles. The molecule has 0 bridgehead atoms. The Hall–Kier alpha value is -2.91. The smallest absolute Gasteiger partial charge is 0.408 e. The maximum absolute atomic E-state index is 12.8. The fourth-order valence-electron chi connectivity index (χ4n) is 3.10. The first-order valence-electron chi connectivity index (χ1n) is 11.3. The normalized spacial score (nSPS) is 12.6. The summed E-state index contributed by atoms with van der Waals surface area (Å²) in [5.74, 6) is -0.324. The van der Waals surface area contributed by atoms with Crippen molar-refractivity contribution in [2.45, 2.75) is 63.5 Å². The molecule has 0 aliphatic carbocycles. The second-order valence-corrected chi connectivity index (χ2v) is 10.9. The van der Waals surface area contributed by atoms with Gasteiger partial charge in [-0.15, -0.1) is 0 Å². The topological polar surface area (TPSA) is 114 Å². The molecule has 1 atom stereocenters. The summed E-state index contributed by atoms with van der Waals surface area (Å²) in [6, 6.07) is 15.2. The predicted octanol–water partition coefficient (Wildman–Crippen LogP) is 3.31. The van der Waals surface area contributed by atoms with Crippen molar-refractivity contribution >= 4 is 22.0 Å². The van der Waals surface area contributed by atoms with Crippen molar-refractivity contribution in [2.75, 3.05) is 13.1 Å². The second kappa shape index (κ2) is 12.5. The van der Waals surface area contributed by atoms with Gasteiger partial charge in [0.1, 0.15) is 11.6 Å². The largest absolute Gasteiger partial charge is 0.444 e. The van der Waals surface area contributed by atoms with E-state index in [1.165, 1.54) is 0 Å². The van der Waals surface area contributed by atoms with E-state index in [4.69, 9.17) is 4.74 Å². The van der Waals surface area contributed by atoms with Crippen LogP contribution in [0, 0.1) is 6.92 Å². The summed E-state index contributed by atoms with van der Waals surface area (Å²) in [4.78, 5) is 25.2. The molecule has 2 rings (SSSR count). The molecule has 0 spiro atoms. The number of sulfonamides is 1. The van der Waals surface area contributed by atoms with Crippen LogP contribution in [-0.2, 0) is 26.0 Å². The van der Waals surface area contributed by atoms with Crippen molar-refractivity contribution in [1.29, 1.82) is 0 Å². The first kappa shape index (κ1) is 27.3. The number of carbonyl (C=O) groups is 2. The minimum absolute atomic E-state index is 0.225. The Morgan fingerprint density at radius 3 is 2.18 bits per heavy atom. The van der Waals surface area contributed by atoms with E-state index in [2.05, 4.69) is 15.4 Å². The zero-order valence-corrected chi connectivity index (χ0v) is 21.1. The molecule has 34 heavy (non-hydrogen) atoms. The van der Waals surface area contributed by atoms with Gasteiger partial charge in [-0.1, -0.05) is 48.0 Å². The van der Waals surface area contributed by atoms with Gasteiger partial charge in [0.2, 0.25) is 15.9 Å². The van der Waals surface area contributed by atoms with E-state index in [9.17, 15) is 18.0 Å². The van der Waals surface area contributed by atoms with Gasteiger partial charge in [0, 0.05) is 19.5 Å². The second-order valence-electron chi connectivity index (χ2n) is 9.10. The highest BCUT2D eigenvalue weighted by Gasteiger charge is 2.24. The third-order valence-corrected chi connectivity index (χ3v) is 6.29. The SMILES string of the molecule is Cc1ccc(S(=O)(=O)NCCCCNC(=O)[C@H](Cc2ccccc2)NC(=O)OC(C)(C)C)cc1. The van der Waals surface area contributed by atoms with Gasteiger partial charge in [-0.2, -0.15) is 0 Å². The zero-order chi connectivity index (χ0) is 25.2. The van der Waals surface area contributed by atoms with Crippen molar-refractivity contribution in [3.63, 3.8) is 0 Å². The average Bonchev–Trinajstić information content (AvgIpc) is 2.75. The van der Waals surface area contributed by atoms with E-state index < -0.39 is 27.8 Å². The van der Waals surface area contributed by atoms with Crippen LogP contribution in [0.5, 0.6) is 0 Å². The van der Waals surface area contributed by atoms with E-state index >= 15 is 0 Å². The third kappa shape index (κ3) is 9.93. The van der Waals surface area contributed by atoms with Gasteiger partial charge in [0.05, 0.1) is 4.90 Å². The number of amides is 2. The number of benzene rings is 2. The molecule has 0 unspecified atom stereocenters. The summed E-state index contributed by atoms with van der Waals surface area (Å²) in [7, 11) is -3.56. The number of hydrogen-bond donors (Lipinski definition) is 3. The number of rotatable bonds is 11. The Kier molecular flexibility index (Phi) is 10.1. The van der Waals surface area contributed by atoms with Crippen LogP contribution in [0.25, 0.3) is 0 Å². The summed E-state index contributed by atoms with van der Waals surface area (Å²) in [5.41, 5.74) is 1.22. The van der Waals surface area contributed by atoms with Crippen LogP contribution in [0.15, 0.2) is 59.5 Å². The van der Waals surface area contributed by atoms with E-state index in [1.54, 1.807) is 45.0 Å². The average molecular weight is 490 g/mol. The van der Waals surface area contributed by atoms with E-state index in [0.29, 0.717) is 25.8 Å². The van der Waals surface area contributed by atoms with Crippen molar-refractivity contribution in [2.24, 2.45) is 0 Å². The van der Waals surface area contributed by atoms with Crippen LogP contribution < -0.4 is 15.4 Å². The van der Waals surface area contributed by atoms with Crippen molar-refractivity contribution in [3.8, 4) is 0 Å². The molecule has 0 fully saturated rings. The van der Waals surface area contributed by atoms with Gasteiger partial charge in [0.15, 0.2) is 0 Å². The molecule has 2 aromatic carbocycles. The maximum atomic E-state index is 12.8. The number of aryl methyl sites for hydroxylation is 1. The highest BCUT2D eigenvalue weighted by molar-refractivity contribution is 7.89. The molecule has 0 heterocycles. The van der Waals surface area contributed by atoms with Crippen LogP contribution in [0.1, 0.15) is 44.7 Å². The van der Waals surface area contributed by atoms with Crippen LogP contribution >= 0.6 is 0 Å². The van der Waals surface area contributed by atoms with Gasteiger partial charge < -0.3 is 15.4 Å². The minimum atomic E-state index is -3.56. The summed E-state index contributed by atoms with van der Waals surface area (Å²) in [6.07, 6.45) is 0.789. The fraction of sp³-hybridized carbons (Fsp3) is 0.440. The number of hydrogen-bond acceptors (Lipinski definition) is 5. The summed E-state index contributed by atoms with van der Waals surface area (Å²) in [5, 5.41) is 5.47. The summed E-state index contributed by atoms with van der Waals surface area (Å²) < 4.78 is 32.5. The number of ether oxygens (including phenoxy) is 1. The Labute approximate surface area is 202 Å². The molecule has 0 radical (unpaired) electrons. The van der Waals surface area contributed by atoms with E-state index in [-0.39, 0.29) is 17.3 Å². The Morgan fingerprint density at radius 2 is 1.56 bits per heavy atom. The van der Waals surface area contributed by atoms with Gasteiger partial charge in [0.25, 0.3) is 0 Å². The van der Waals surface area contributed by atoms with E-state index in [1.807, 2.05) is 37.3 Å². The molecule has 0 aromatic heterocycles. The lowest BCUT2D eigenvalue weighted by atomic mass is 10.1. The van der Waals surface area contributed by atoms with Crippen LogP contribution in [0.4, 0.5) is 4.79 Å². The van der Waals surface area contributed by atoms with Crippen LogP contribution in [-0.4, -0.2) is 45.2 Å². The first-order valence-corrected chi connectivity index (χ1v) is 12.8.